The maximum atomic E-state index is 13.6. The number of aliphatic hydroxyl groups is 1. The Balaban J connectivity index is 0. The molecule has 1 amide bonds. The van der Waals surface area contributed by atoms with E-state index in [2.05, 4.69) is 11.4 Å². The summed E-state index contributed by atoms with van der Waals surface area (Å²) in [6.07, 6.45) is 3.42. The molecule has 2 rings (SSSR count). The van der Waals surface area contributed by atoms with Crippen LogP contribution in [0.2, 0.25) is 0 Å². The van der Waals surface area contributed by atoms with E-state index in [4.69, 9.17) is 14.2 Å². The Morgan fingerprint density at radius 3 is 1.95 bits per heavy atom. The summed E-state index contributed by atoms with van der Waals surface area (Å²) in [5, 5.41) is 12.8. The van der Waals surface area contributed by atoms with Gasteiger partial charge in [0.2, 0.25) is 5.75 Å². The second-order valence-corrected chi connectivity index (χ2v) is 8.28. The number of amides is 1. The lowest BCUT2D eigenvalue weighted by Crippen LogP contribution is -2.38. The zero-order chi connectivity index (χ0) is 30.9. The molecule has 228 valence electrons. The van der Waals surface area contributed by atoms with E-state index in [9.17, 15) is 9.90 Å². The zero-order valence-corrected chi connectivity index (χ0v) is 27.0. The van der Waals surface area contributed by atoms with Gasteiger partial charge in [0.05, 0.1) is 27.4 Å². The first-order valence-corrected chi connectivity index (χ1v) is 14.6. The molecule has 0 spiro atoms. The molecular weight excluding hydrogens is 504 g/mol. The summed E-state index contributed by atoms with van der Waals surface area (Å²) in [4.78, 5) is 15.4. The summed E-state index contributed by atoms with van der Waals surface area (Å²) in [6, 6.07) is 13.4. The molecule has 2 aromatic rings. The van der Waals surface area contributed by atoms with Gasteiger partial charge in [-0.15, -0.1) is 0 Å². The minimum atomic E-state index is -0.300. The normalized spacial score (nSPS) is 10.8. The van der Waals surface area contributed by atoms with Crippen molar-refractivity contribution in [3.63, 3.8) is 0 Å². The first-order chi connectivity index (χ1) is 19.4. The van der Waals surface area contributed by atoms with Crippen molar-refractivity contribution >= 4 is 12.0 Å². The largest absolute Gasteiger partial charge is 0.493 e. The van der Waals surface area contributed by atoms with Gasteiger partial charge in [0.25, 0.3) is 5.91 Å². The number of nitrogens with zero attached hydrogens (tertiary/aromatic N) is 1. The average molecular weight is 561 g/mol. The van der Waals surface area contributed by atoms with Crippen LogP contribution < -0.4 is 19.5 Å². The van der Waals surface area contributed by atoms with Crippen molar-refractivity contribution in [2.45, 2.75) is 74.3 Å². The van der Waals surface area contributed by atoms with E-state index in [-0.39, 0.29) is 12.0 Å². The number of aliphatic hydroxyl groups excluding tert-OH is 1. The molecule has 0 aliphatic carbocycles. The van der Waals surface area contributed by atoms with Crippen LogP contribution >= 0.6 is 0 Å². The lowest BCUT2D eigenvalue weighted by atomic mass is 10.1. The lowest BCUT2D eigenvalue weighted by molar-refractivity contribution is 0.0770. The highest BCUT2D eigenvalue weighted by Gasteiger charge is 2.21. The number of nitrogens with one attached hydrogen (secondary N) is 1. The smallest absolute Gasteiger partial charge is 0.254 e. The van der Waals surface area contributed by atoms with E-state index < -0.39 is 0 Å². The van der Waals surface area contributed by atoms with Gasteiger partial charge in [-0.05, 0) is 50.9 Å². The Morgan fingerprint density at radius 1 is 0.925 bits per heavy atom. The molecule has 0 aliphatic rings. The van der Waals surface area contributed by atoms with Crippen LogP contribution in [0.25, 0.3) is 6.08 Å². The number of rotatable bonds is 14. The number of benzene rings is 2. The van der Waals surface area contributed by atoms with Crippen LogP contribution in [-0.2, 0) is 0 Å². The molecule has 1 unspecified atom stereocenters. The van der Waals surface area contributed by atoms with Crippen LogP contribution in [0, 0.1) is 0 Å². The van der Waals surface area contributed by atoms with Gasteiger partial charge < -0.3 is 29.5 Å². The molecule has 0 aromatic heterocycles. The Labute approximate surface area is 244 Å². The van der Waals surface area contributed by atoms with Gasteiger partial charge in [-0.2, -0.15) is 0 Å². The lowest BCUT2D eigenvalue weighted by Gasteiger charge is -2.24. The fraction of sp³-hybridized carbons (Fsp3) is 0.545. The van der Waals surface area contributed by atoms with Crippen molar-refractivity contribution in [3.05, 3.63) is 59.2 Å². The standard InChI is InChI=1S/C27H38N2O5.3C2H6/c1-20(16-22-11-7-6-8-12-22)19-29(15-14-28-13-9-10-21(2)30)27(31)23-17-24(32-3)26(34-5)25(18-23)33-4;3*1-2/h6-8,11-12,16-18,21,28,30H,9-10,13-15,19H2,1-5H3;3*1-2H3/b20-16+;;;. The molecule has 40 heavy (non-hydrogen) atoms. The molecule has 0 radical (unpaired) electrons. The Kier molecular flexibility index (Phi) is 24.4. The van der Waals surface area contributed by atoms with Crippen LogP contribution in [-0.4, -0.2) is 69.5 Å². The van der Waals surface area contributed by atoms with Gasteiger partial charge in [0.15, 0.2) is 11.5 Å². The van der Waals surface area contributed by atoms with Gasteiger partial charge in [0, 0.05) is 25.2 Å². The van der Waals surface area contributed by atoms with E-state index in [1.807, 2.05) is 83.7 Å². The zero-order valence-electron chi connectivity index (χ0n) is 27.0. The molecule has 2 aromatic carbocycles. The van der Waals surface area contributed by atoms with E-state index in [1.165, 1.54) is 21.3 Å². The number of hydrogen-bond donors (Lipinski definition) is 2. The molecule has 7 heteroatoms. The molecule has 7 nitrogen and oxygen atoms in total. The molecular formula is C33H56N2O5. The van der Waals surface area contributed by atoms with Crippen molar-refractivity contribution in [1.82, 2.24) is 10.2 Å². The highest BCUT2D eigenvalue weighted by atomic mass is 16.5. The summed E-state index contributed by atoms with van der Waals surface area (Å²) in [6.45, 7) is 18.3. The average Bonchev–Trinajstić information content (AvgIpc) is 3.00. The summed E-state index contributed by atoms with van der Waals surface area (Å²) < 4.78 is 16.3. The first kappa shape index (κ1) is 39.1. The molecule has 0 aliphatic heterocycles. The van der Waals surface area contributed by atoms with E-state index >= 15 is 0 Å². The monoisotopic (exact) mass is 560 g/mol. The second kappa shape index (κ2) is 25.0. The third kappa shape index (κ3) is 14.9. The number of hydrogen-bond acceptors (Lipinski definition) is 6. The molecule has 0 fully saturated rings. The van der Waals surface area contributed by atoms with Gasteiger partial charge in [-0.25, -0.2) is 0 Å². The fourth-order valence-electron chi connectivity index (χ4n) is 3.68. The predicted molar refractivity (Wildman–Crippen MR) is 170 cm³/mol. The third-order valence-corrected chi connectivity index (χ3v) is 5.39. The van der Waals surface area contributed by atoms with Crippen molar-refractivity contribution in [3.8, 4) is 17.2 Å². The second-order valence-electron chi connectivity index (χ2n) is 8.28. The van der Waals surface area contributed by atoms with E-state index in [1.54, 1.807) is 19.1 Å². The number of methoxy groups -OCH3 is 3. The summed E-state index contributed by atoms with van der Waals surface area (Å²) in [5.41, 5.74) is 2.63. The van der Waals surface area contributed by atoms with Gasteiger partial charge in [-0.3, -0.25) is 4.79 Å². The minimum absolute atomic E-state index is 0.120. The van der Waals surface area contributed by atoms with Crippen LogP contribution in [0.3, 0.4) is 0 Å². The van der Waals surface area contributed by atoms with Gasteiger partial charge >= 0.3 is 0 Å². The van der Waals surface area contributed by atoms with Gasteiger partial charge in [-0.1, -0.05) is 83.5 Å². The van der Waals surface area contributed by atoms with Gasteiger partial charge in [0.1, 0.15) is 0 Å². The third-order valence-electron chi connectivity index (χ3n) is 5.39. The molecule has 1 atom stereocenters. The fourth-order valence-corrected chi connectivity index (χ4v) is 3.68. The van der Waals surface area contributed by atoms with E-state index in [0.29, 0.717) is 42.4 Å². The minimum Gasteiger partial charge on any atom is -0.493 e. The molecule has 0 saturated carbocycles. The molecule has 2 N–H and O–H groups in total. The van der Waals surface area contributed by atoms with Crippen molar-refractivity contribution in [2.75, 3.05) is 47.5 Å². The van der Waals surface area contributed by atoms with Crippen molar-refractivity contribution in [1.29, 1.82) is 0 Å². The maximum absolute atomic E-state index is 13.6. The Morgan fingerprint density at radius 2 is 1.48 bits per heavy atom. The summed E-state index contributed by atoms with van der Waals surface area (Å²) >= 11 is 0. The number of carbonyl (C=O) groups excluding carboxylic acids is 1. The number of ether oxygens (including phenoxy) is 3. The topological polar surface area (TPSA) is 80.3 Å². The van der Waals surface area contributed by atoms with Crippen LogP contribution in [0.15, 0.2) is 48.0 Å². The molecule has 0 bridgehead atoms. The van der Waals surface area contributed by atoms with Crippen molar-refractivity contribution in [2.24, 2.45) is 0 Å². The predicted octanol–water partition coefficient (Wildman–Crippen LogP) is 7.09. The molecule has 0 saturated heterocycles. The van der Waals surface area contributed by atoms with Crippen molar-refractivity contribution < 1.29 is 24.1 Å². The highest BCUT2D eigenvalue weighted by molar-refractivity contribution is 5.96. The van der Waals surface area contributed by atoms with Crippen LogP contribution in [0.5, 0.6) is 17.2 Å². The first-order valence-electron chi connectivity index (χ1n) is 14.6. The number of carbonyl (C=O) groups is 1. The van der Waals surface area contributed by atoms with Crippen LogP contribution in [0.4, 0.5) is 0 Å². The summed E-state index contributed by atoms with van der Waals surface area (Å²) in [7, 11) is 4.61. The maximum Gasteiger partial charge on any atom is 0.254 e. The summed E-state index contributed by atoms with van der Waals surface area (Å²) in [5.74, 6) is 1.22. The quantitative estimate of drug-likeness (QED) is 0.240. The van der Waals surface area contributed by atoms with E-state index in [0.717, 1.165) is 30.5 Å². The van der Waals surface area contributed by atoms with Crippen LogP contribution in [0.1, 0.15) is 84.2 Å². The molecule has 0 heterocycles. The Bertz CT molecular complexity index is 905. The Hall–Kier alpha value is -3.03. The highest BCUT2D eigenvalue weighted by Crippen LogP contribution is 2.38. The SMILES string of the molecule is CC.CC.CC.COc1cc(C(=O)N(CCNCCCC(C)O)C/C(C)=C/c2ccccc2)cc(OC)c1OC.